The van der Waals surface area contributed by atoms with Crippen molar-refractivity contribution in [2.75, 3.05) is 0 Å². The molecule has 0 aromatic rings. The van der Waals surface area contributed by atoms with E-state index in [1.165, 1.54) is 10.8 Å². The van der Waals surface area contributed by atoms with Crippen molar-refractivity contribution in [3.05, 3.63) is 14.9 Å². The van der Waals surface area contributed by atoms with Crippen molar-refractivity contribution in [1.82, 2.24) is 0 Å². The van der Waals surface area contributed by atoms with Gasteiger partial charge in [0, 0.05) is 0 Å². The van der Waals surface area contributed by atoms with Crippen LogP contribution in [0.15, 0.2) is 0 Å². The van der Waals surface area contributed by atoms with Gasteiger partial charge in [0.1, 0.15) is 0 Å². The molecule has 0 N–H and O–H groups in total. The number of nitrogens with zero attached hydrogens (tertiary/aromatic N) is 2. The fourth-order valence-corrected chi connectivity index (χ4v) is 0. The number of rotatable bonds is 0. The van der Waals surface area contributed by atoms with Crippen molar-refractivity contribution >= 4 is 25.3 Å². The second-order valence-electron chi connectivity index (χ2n) is 0.183. The second-order valence-corrected chi connectivity index (χ2v) is 0.548. The van der Waals surface area contributed by atoms with Crippen LogP contribution in [0.2, 0.25) is 0 Å². The molecule has 0 aliphatic rings. The summed E-state index contributed by atoms with van der Waals surface area (Å²) in [5.74, 6) is 0. The van der Waals surface area contributed by atoms with Crippen LogP contribution < -0.4 is 0 Å². The first-order valence-corrected chi connectivity index (χ1v) is 1.67. The van der Waals surface area contributed by atoms with E-state index in [4.69, 9.17) is 10.5 Å². The van der Waals surface area contributed by atoms with Gasteiger partial charge in [-0.3, -0.25) is 0 Å². The standard InChI is InChI=1S/2CHNS.2CH3.V/c2*2-1-3;;;/h2*3H;2*1H3;/q;;2*-1;+4/p-2. The van der Waals surface area contributed by atoms with Crippen LogP contribution in [0.3, 0.4) is 0 Å². The molecule has 0 aliphatic heterocycles. The fourth-order valence-electron chi connectivity index (χ4n) is 0. The van der Waals surface area contributed by atoms with Crippen LogP contribution in [0.5, 0.6) is 0 Å². The Morgan fingerprint density at radius 2 is 0.889 bits per heavy atom. The van der Waals surface area contributed by atoms with Crippen molar-refractivity contribution in [2.24, 2.45) is 0 Å². The van der Waals surface area contributed by atoms with E-state index in [1.807, 2.05) is 0 Å². The Morgan fingerprint density at radius 1 is 0.889 bits per heavy atom. The molecule has 5 heteroatoms. The van der Waals surface area contributed by atoms with Gasteiger partial charge in [0.15, 0.2) is 0 Å². The summed E-state index contributed by atoms with van der Waals surface area (Å²) in [6, 6.07) is 0. The van der Waals surface area contributed by atoms with Crippen molar-refractivity contribution in [3.8, 4) is 10.8 Å². The van der Waals surface area contributed by atoms with Gasteiger partial charge in [-0.25, -0.2) is 10.5 Å². The molecule has 0 amide bonds. The van der Waals surface area contributed by atoms with E-state index in [2.05, 4.69) is 25.3 Å². The van der Waals surface area contributed by atoms with E-state index >= 15 is 0 Å². The van der Waals surface area contributed by atoms with E-state index in [0.29, 0.717) is 0 Å². The van der Waals surface area contributed by atoms with Crippen LogP contribution in [0, 0.1) is 36.2 Å². The minimum atomic E-state index is 0. The van der Waals surface area contributed by atoms with E-state index in [0.717, 1.165) is 0 Å². The second kappa shape index (κ2) is 97.7. The number of thiocyanates is 2. The summed E-state index contributed by atoms with van der Waals surface area (Å²) in [7, 11) is 0. The van der Waals surface area contributed by atoms with Gasteiger partial charge in [0.05, 0.1) is 0 Å². The SMILES string of the molecule is N#C[S-].N#C[S-].[CH3-].[CH3-].[V+4]. The maximum Gasteiger partial charge on any atom is 4.00 e. The minimum Gasteiger partial charge on any atom is -0.696 e. The maximum atomic E-state index is 7.13. The van der Waals surface area contributed by atoms with Crippen LogP contribution >= 0.6 is 0 Å². The molecule has 2 nitrogen and oxygen atoms in total. The van der Waals surface area contributed by atoms with Crippen LogP contribution in [0.1, 0.15) is 0 Å². The molecule has 0 aromatic heterocycles. The fraction of sp³-hybridized carbons (Fsp3) is 0. The summed E-state index contributed by atoms with van der Waals surface area (Å²) in [6.45, 7) is 0. The van der Waals surface area contributed by atoms with Gasteiger partial charge in [-0.2, -0.15) is 0 Å². The van der Waals surface area contributed by atoms with Crippen LogP contribution in [0.4, 0.5) is 0 Å². The predicted molar refractivity (Wildman–Crippen MR) is 38.8 cm³/mol. The van der Waals surface area contributed by atoms with Crippen molar-refractivity contribution in [3.63, 3.8) is 0 Å². The van der Waals surface area contributed by atoms with Gasteiger partial charge in [0.25, 0.3) is 0 Å². The predicted octanol–water partition coefficient (Wildman–Crippen LogP) is 0.927. The zero-order valence-corrected chi connectivity index (χ0v) is 8.19. The molecule has 0 saturated carbocycles. The first-order valence-electron chi connectivity index (χ1n) is 0.855. The monoisotopic (exact) mass is 197 g/mol. The quantitative estimate of drug-likeness (QED) is 0.329. The normalized spacial score (nSPS) is 1.56. The zero-order valence-electron chi connectivity index (χ0n) is 5.16. The van der Waals surface area contributed by atoms with Crippen LogP contribution in [0.25, 0.3) is 0 Å². The van der Waals surface area contributed by atoms with E-state index in [9.17, 15) is 0 Å². The Balaban J connectivity index is -0.00000000889. The number of hydrogen-bond acceptors (Lipinski definition) is 4. The van der Waals surface area contributed by atoms with Gasteiger partial charge in [-0.15, -0.1) is 0 Å². The molecule has 1 radical (unpaired) electrons. The maximum absolute atomic E-state index is 7.13. The Bertz CT molecular complexity index is 71.5. The molecule has 0 unspecified atom stereocenters. The topological polar surface area (TPSA) is 47.6 Å². The van der Waals surface area contributed by atoms with Gasteiger partial charge < -0.3 is 40.1 Å². The molecule has 0 aliphatic carbocycles. The Hall–Kier alpha value is 0.00442. The summed E-state index contributed by atoms with van der Waals surface area (Å²) >= 11 is 7.40. The third-order valence-electron chi connectivity index (χ3n) is 0. The smallest absolute Gasteiger partial charge is 0.696 e. The largest absolute Gasteiger partial charge is 4.00 e. The molecule has 0 fully saturated rings. The van der Waals surface area contributed by atoms with E-state index < -0.39 is 0 Å². The van der Waals surface area contributed by atoms with Crippen LogP contribution in [-0.2, 0) is 43.8 Å². The molecule has 0 rings (SSSR count). The van der Waals surface area contributed by atoms with Gasteiger partial charge >= 0.3 is 18.6 Å². The van der Waals surface area contributed by atoms with Crippen molar-refractivity contribution in [2.45, 2.75) is 0 Å². The van der Waals surface area contributed by atoms with Crippen molar-refractivity contribution in [1.29, 1.82) is 10.5 Å². The molecular weight excluding hydrogens is 191 g/mol. The Labute approximate surface area is 80.0 Å². The molecule has 0 spiro atoms. The minimum absolute atomic E-state index is 0. The van der Waals surface area contributed by atoms with Gasteiger partial charge in [-0.05, 0) is 0 Å². The Kier molecular flexibility index (Phi) is 391. The third kappa shape index (κ3) is 14800000. The molecule has 0 bridgehead atoms. The molecule has 49 valence electrons. The molecule has 0 aromatic carbocycles. The molecule has 0 saturated heterocycles. The zero-order chi connectivity index (χ0) is 5.41. The number of nitriles is 2. The summed E-state index contributed by atoms with van der Waals surface area (Å²) in [5, 5.41) is 16.9. The van der Waals surface area contributed by atoms with E-state index in [1.54, 1.807) is 0 Å². The third-order valence-corrected chi connectivity index (χ3v) is 0. The molecular formula is C4H6N2S2V. The van der Waals surface area contributed by atoms with Crippen molar-refractivity contribution < 1.29 is 18.6 Å². The summed E-state index contributed by atoms with van der Waals surface area (Å²) in [4.78, 5) is 0. The molecule has 0 heterocycles. The average molecular weight is 197 g/mol. The van der Waals surface area contributed by atoms with Crippen LogP contribution in [-0.4, -0.2) is 0 Å². The number of hydrogen-bond donors (Lipinski definition) is 0. The summed E-state index contributed by atoms with van der Waals surface area (Å²) in [6.07, 6.45) is 0. The molecule has 0 atom stereocenters. The Morgan fingerprint density at radius 3 is 0.889 bits per heavy atom. The molecule has 9 heavy (non-hydrogen) atoms. The summed E-state index contributed by atoms with van der Waals surface area (Å²) < 4.78 is 0. The average Bonchev–Trinajstić information content (AvgIpc) is 1.39. The summed E-state index contributed by atoms with van der Waals surface area (Å²) in [5.41, 5.74) is 0. The van der Waals surface area contributed by atoms with Gasteiger partial charge in [-0.1, -0.05) is 10.8 Å². The first-order chi connectivity index (χ1) is 2.83. The van der Waals surface area contributed by atoms with Gasteiger partial charge in [0.2, 0.25) is 0 Å². The first kappa shape index (κ1) is 36.0. The van der Waals surface area contributed by atoms with E-state index in [-0.39, 0.29) is 33.4 Å².